The van der Waals surface area contributed by atoms with Crippen LogP contribution >= 0.6 is 47.0 Å². The SMILES string of the molecule is S=C(NCCc1ccccc1)Nc1nn(Cc2ccc(Cl)cc2Cl)cc1Cl. The molecule has 3 aromatic rings. The zero-order valence-corrected chi connectivity index (χ0v) is 17.3. The van der Waals surface area contributed by atoms with Crippen molar-refractivity contribution in [2.24, 2.45) is 0 Å². The lowest BCUT2D eigenvalue weighted by Crippen LogP contribution is -2.30. The van der Waals surface area contributed by atoms with E-state index in [4.69, 9.17) is 47.0 Å². The second-order valence-electron chi connectivity index (χ2n) is 5.88. The number of thiocarbonyl (C=S) groups is 1. The lowest BCUT2D eigenvalue weighted by atomic mass is 10.1. The van der Waals surface area contributed by atoms with E-state index in [0.717, 1.165) is 12.0 Å². The van der Waals surface area contributed by atoms with Gasteiger partial charge in [0.1, 0.15) is 5.02 Å². The van der Waals surface area contributed by atoms with Crippen LogP contribution in [0.15, 0.2) is 54.7 Å². The van der Waals surface area contributed by atoms with E-state index in [1.54, 1.807) is 23.0 Å². The molecule has 8 heteroatoms. The Labute approximate surface area is 178 Å². The monoisotopic (exact) mass is 438 g/mol. The Morgan fingerprint density at radius 3 is 2.56 bits per heavy atom. The van der Waals surface area contributed by atoms with Crippen LogP contribution in [0, 0.1) is 0 Å². The van der Waals surface area contributed by atoms with E-state index in [1.807, 2.05) is 24.3 Å². The Morgan fingerprint density at radius 1 is 1.04 bits per heavy atom. The standard InChI is InChI=1S/C19H17Cl3N4S/c20-15-7-6-14(16(21)10-15)11-26-12-17(22)18(25-26)24-19(27)23-9-8-13-4-2-1-3-5-13/h1-7,10,12H,8-9,11H2,(H2,23,24,25,27). The van der Waals surface area contributed by atoms with E-state index in [1.165, 1.54) is 5.56 Å². The van der Waals surface area contributed by atoms with E-state index in [0.29, 0.717) is 39.1 Å². The predicted octanol–water partition coefficient (Wildman–Crippen LogP) is 5.42. The number of aromatic nitrogens is 2. The van der Waals surface area contributed by atoms with Gasteiger partial charge in [-0.2, -0.15) is 5.10 Å². The highest BCUT2D eigenvalue weighted by Crippen LogP contribution is 2.24. The third-order valence-corrected chi connectivity index (χ3v) is 4.95. The molecule has 0 aliphatic carbocycles. The number of hydrogen-bond donors (Lipinski definition) is 2. The summed E-state index contributed by atoms with van der Waals surface area (Å²) in [7, 11) is 0. The van der Waals surface area contributed by atoms with E-state index in [-0.39, 0.29) is 0 Å². The molecule has 0 spiro atoms. The summed E-state index contributed by atoms with van der Waals surface area (Å²) in [6.07, 6.45) is 2.60. The lowest BCUT2D eigenvalue weighted by molar-refractivity contribution is 0.690. The van der Waals surface area contributed by atoms with Gasteiger partial charge in [0.15, 0.2) is 10.9 Å². The first-order valence-corrected chi connectivity index (χ1v) is 9.81. The molecule has 0 amide bonds. The van der Waals surface area contributed by atoms with E-state index < -0.39 is 0 Å². The molecule has 0 aliphatic heterocycles. The molecule has 140 valence electrons. The second-order valence-corrected chi connectivity index (χ2v) is 7.53. The van der Waals surface area contributed by atoms with Crippen molar-refractivity contribution in [3.8, 4) is 0 Å². The van der Waals surface area contributed by atoms with Crippen LogP contribution in [0.4, 0.5) is 5.82 Å². The number of nitrogens with one attached hydrogen (secondary N) is 2. The zero-order chi connectivity index (χ0) is 19.2. The molecule has 2 aromatic carbocycles. The van der Waals surface area contributed by atoms with Crippen molar-refractivity contribution in [3.63, 3.8) is 0 Å². The largest absolute Gasteiger partial charge is 0.362 e. The molecule has 0 atom stereocenters. The van der Waals surface area contributed by atoms with Crippen molar-refractivity contribution in [2.75, 3.05) is 11.9 Å². The molecule has 0 saturated heterocycles. The minimum Gasteiger partial charge on any atom is -0.362 e. The van der Waals surface area contributed by atoms with Gasteiger partial charge in [-0.3, -0.25) is 4.68 Å². The second kappa shape index (κ2) is 9.42. The van der Waals surface area contributed by atoms with E-state index in [2.05, 4.69) is 27.9 Å². The summed E-state index contributed by atoms with van der Waals surface area (Å²) < 4.78 is 1.70. The number of anilines is 1. The Hall–Kier alpha value is -1.79. The van der Waals surface area contributed by atoms with Gasteiger partial charge in [-0.05, 0) is 41.9 Å². The lowest BCUT2D eigenvalue weighted by Gasteiger charge is -2.09. The van der Waals surface area contributed by atoms with Crippen molar-refractivity contribution in [2.45, 2.75) is 13.0 Å². The van der Waals surface area contributed by atoms with Crippen LogP contribution in [-0.2, 0) is 13.0 Å². The molecule has 0 bridgehead atoms. The Balaban J connectivity index is 1.55. The first-order valence-electron chi connectivity index (χ1n) is 8.27. The molecular weight excluding hydrogens is 423 g/mol. The molecule has 0 aliphatic rings. The molecule has 3 rings (SSSR count). The molecule has 1 heterocycles. The number of rotatable bonds is 6. The highest BCUT2D eigenvalue weighted by atomic mass is 35.5. The number of halogens is 3. The molecule has 0 saturated carbocycles. The van der Waals surface area contributed by atoms with Gasteiger partial charge in [-0.1, -0.05) is 71.2 Å². The van der Waals surface area contributed by atoms with Crippen LogP contribution in [0.25, 0.3) is 0 Å². The molecule has 0 radical (unpaired) electrons. The van der Waals surface area contributed by atoms with Gasteiger partial charge in [0.05, 0.1) is 6.54 Å². The summed E-state index contributed by atoms with van der Waals surface area (Å²) in [5, 5.41) is 12.7. The fourth-order valence-corrected chi connectivity index (χ4v) is 3.37. The van der Waals surface area contributed by atoms with Gasteiger partial charge in [0.25, 0.3) is 0 Å². The first kappa shape index (κ1) is 20.0. The van der Waals surface area contributed by atoms with Crippen LogP contribution in [0.5, 0.6) is 0 Å². The minimum atomic E-state index is 0.475. The van der Waals surface area contributed by atoms with Crippen LogP contribution in [0.2, 0.25) is 15.1 Å². The highest BCUT2D eigenvalue weighted by molar-refractivity contribution is 7.80. The van der Waals surface area contributed by atoms with Crippen molar-refractivity contribution in [1.29, 1.82) is 0 Å². The minimum absolute atomic E-state index is 0.475. The fraction of sp³-hybridized carbons (Fsp3) is 0.158. The Bertz CT molecular complexity index is 928. The zero-order valence-electron chi connectivity index (χ0n) is 14.3. The number of nitrogens with zero attached hydrogens (tertiary/aromatic N) is 2. The summed E-state index contributed by atoms with van der Waals surface area (Å²) >= 11 is 23.7. The summed E-state index contributed by atoms with van der Waals surface area (Å²) in [6, 6.07) is 15.6. The average Bonchev–Trinajstić information content (AvgIpc) is 2.97. The van der Waals surface area contributed by atoms with Crippen molar-refractivity contribution < 1.29 is 0 Å². The molecule has 0 fully saturated rings. The van der Waals surface area contributed by atoms with Gasteiger partial charge in [0.2, 0.25) is 0 Å². The number of benzene rings is 2. The van der Waals surface area contributed by atoms with Gasteiger partial charge < -0.3 is 10.6 Å². The predicted molar refractivity (Wildman–Crippen MR) is 117 cm³/mol. The molecular formula is C19H17Cl3N4S. The average molecular weight is 440 g/mol. The molecule has 0 unspecified atom stereocenters. The van der Waals surface area contributed by atoms with Crippen molar-refractivity contribution >= 4 is 58.0 Å². The van der Waals surface area contributed by atoms with Gasteiger partial charge in [-0.25, -0.2) is 0 Å². The normalized spacial score (nSPS) is 10.6. The van der Waals surface area contributed by atoms with Crippen LogP contribution in [0.3, 0.4) is 0 Å². The van der Waals surface area contributed by atoms with Gasteiger partial charge >= 0.3 is 0 Å². The topological polar surface area (TPSA) is 41.9 Å². The summed E-state index contributed by atoms with van der Waals surface area (Å²) in [5.41, 5.74) is 2.14. The van der Waals surface area contributed by atoms with Crippen molar-refractivity contribution in [3.05, 3.63) is 80.9 Å². The Morgan fingerprint density at radius 2 is 1.81 bits per heavy atom. The first-order chi connectivity index (χ1) is 13.0. The fourth-order valence-electron chi connectivity index (χ4n) is 2.50. The van der Waals surface area contributed by atoms with Crippen LogP contribution in [-0.4, -0.2) is 21.4 Å². The maximum Gasteiger partial charge on any atom is 0.173 e. The number of hydrogen-bond acceptors (Lipinski definition) is 2. The van der Waals surface area contributed by atoms with Crippen LogP contribution < -0.4 is 10.6 Å². The van der Waals surface area contributed by atoms with Gasteiger partial charge in [0, 0.05) is 22.8 Å². The summed E-state index contributed by atoms with van der Waals surface area (Å²) in [5.74, 6) is 0.499. The quantitative estimate of drug-likeness (QED) is 0.503. The molecule has 2 N–H and O–H groups in total. The smallest absolute Gasteiger partial charge is 0.173 e. The Kier molecular flexibility index (Phi) is 6.96. The summed E-state index contributed by atoms with van der Waals surface area (Å²) in [6.45, 7) is 1.19. The van der Waals surface area contributed by atoms with Crippen LogP contribution in [0.1, 0.15) is 11.1 Å². The maximum atomic E-state index is 6.26. The highest BCUT2D eigenvalue weighted by Gasteiger charge is 2.10. The molecule has 1 aromatic heterocycles. The molecule has 27 heavy (non-hydrogen) atoms. The maximum absolute atomic E-state index is 6.26. The van der Waals surface area contributed by atoms with Gasteiger partial charge in [-0.15, -0.1) is 0 Å². The van der Waals surface area contributed by atoms with Crippen molar-refractivity contribution in [1.82, 2.24) is 15.1 Å². The van der Waals surface area contributed by atoms with E-state index >= 15 is 0 Å². The third-order valence-electron chi connectivity index (χ3n) is 3.84. The molecule has 4 nitrogen and oxygen atoms in total. The third kappa shape index (κ3) is 5.84. The summed E-state index contributed by atoms with van der Waals surface area (Å²) in [4.78, 5) is 0. The van der Waals surface area contributed by atoms with E-state index in [9.17, 15) is 0 Å².